The van der Waals surface area contributed by atoms with E-state index in [2.05, 4.69) is 0 Å². The predicted molar refractivity (Wildman–Crippen MR) is 147 cm³/mol. The average molecular weight is 548 g/mol. The molecule has 0 saturated carbocycles. The summed E-state index contributed by atoms with van der Waals surface area (Å²) < 4.78 is 15.6. The average Bonchev–Trinajstić information content (AvgIpc) is 3.23. The lowest BCUT2D eigenvalue weighted by atomic mass is 9.85. The summed E-state index contributed by atoms with van der Waals surface area (Å²) in [6, 6.07) is 5.70. The molecule has 10 heteroatoms. The molecule has 0 radical (unpaired) electrons. The summed E-state index contributed by atoms with van der Waals surface area (Å²) in [7, 11) is 0. The summed E-state index contributed by atoms with van der Waals surface area (Å²) in [6.07, 6.45) is 1.88. The molecule has 1 aromatic rings. The van der Waals surface area contributed by atoms with E-state index in [4.69, 9.17) is 14.2 Å². The van der Waals surface area contributed by atoms with E-state index in [1.807, 2.05) is 45.0 Å². The van der Waals surface area contributed by atoms with Crippen LogP contribution in [0.1, 0.15) is 47.1 Å². The molecule has 0 fully saturated rings. The van der Waals surface area contributed by atoms with Crippen LogP contribution in [-0.2, 0) is 23.9 Å². The molecular weight excluding hydrogens is 518 g/mol. The van der Waals surface area contributed by atoms with E-state index >= 15 is 0 Å². The third kappa shape index (κ3) is 4.48. The fraction of sp³-hybridized carbons (Fsp3) is 0.423. The van der Waals surface area contributed by atoms with Gasteiger partial charge >= 0.3 is 11.9 Å². The molecule has 36 heavy (non-hydrogen) atoms. The van der Waals surface area contributed by atoms with Crippen LogP contribution in [0.5, 0.6) is 5.75 Å². The van der Waals surface area contributed by atoms with Gasteiger partial charge in [0.1, 0.15) is 14.7 Å². The highest BCUT2D eigenvalue weighted by atomic mass is 32.2. The van der Waals surface area contributed by atoms with Gasteiger partial charge in [-0.15, -0.1) is 11.8 Å². The molecule has 0 bridgehead atoms. The third-order valence-electron chi connectivity index (χ3n) is 5.88. The lowest BCUT2D eigenvalue weighted by molar-refractivity contribution is -0.138. The molecule has 0 N–H and O–H groups in total. The highest BCUT2D eigenvalue weighted by Gasteiger charge is 2.53. The van der Waals surface area contributed by atoms with Gasteiger partial charge in [-0.05, 0) is 64.3 Å². The Labute approximate surface area is 224 Å². The smallest absolute Gasteiger partial charge is 0.345 e. The Morgan fingerprint density at radius 1 is 0.972 bits per heavy atom. The molecule has 0 unspecified atom stereocenters. The van der Waals surface area contributed by atoms with E-state index in [0.717, 1.165) is 21.7 Å². The van der Waals surface area contributed by atoms with Crippen molar-refractivity contribution in [3.05, 3.63) is 50.0 Å². The van der Waals surface area contributed by atoms with Crippen LogP contribution in [0.3, 0.4) is 0 Å². The number of hydrogen-bond donors (Lipinski definition) is 0. The third-order valence-corrected chi connectivity index (χ3v) is 10.1. The SMILES string of the molecule is CCOC(=O)C1=C[C@@]2(SC=C(C(=O)OCC)S2)C2=C(S1)C(C)(C)N(C(C)=O)c1ccc(OCC)cc12. The Kier molecular flexibility index (Phi) is 7.60. The second-order valence-electron chi connectivity index (χ2n) is 8.65. The minimum Gasteiger partial charge on any atom is -0.494 e. The summed E-state index contributed by atoms with van der Waals surface area (Å²) in [6.45, 7) is 11.9. The number of ether oxygens (including phenoxy) is 3. The lowest BCUT2D eigenvalue weighted by Crippen LogP contribution is -2.52. The van der Waals surface area contributed by atoms with E-state index in [-0.39, 0.29) is 19.1 Å². The van der Waals surface area contributed by atoms with Crippen LogP contribution in [0.4, 0.5) is 5.69 Å². The van der Waals surface area contributed by atoms with Crippen molar-refractivity contribution in [2.75, 3.05) is 24.7 Å². The molecular formula is C26H29NO6S3. The summed E-state index contributed by atoms with van der Waals surface area (Å²) in [5, 5.41) is 1.79. The number of thioether (sulfide) groups is 3. The molecule has 192 valence electrons. The summed E-state index contributed by atoms with van der Waals surface area (Å²) in [5.41, 5.74) is 1.76. The first kappa shape index (κ1) is 26.8. The topological polar surface area (TPSA) is 82.1 Å². The number of carbonyl (C=O) groups is 3. The Morgan fingerprint density at radius 3 is 2.25 bits per heavy atom. The number of rotatable bonds is 6. The summed E-state index contributed by atoms with van der Waals surface area (Å²) in [5.74, 6) is -0.269. The Bertz CT molecular complexity index is 1220. The van der Waals surface area contributed by atoms with E-state index < -0.39 is 21.6 Å². The van der Waals surface area contributed by atoms with Crippen LogP contribution in [0.15, 0.2) is 44.4 Å². The van der Waals surface area contributed by atoms with Gasteiger partial charge in [0.25, 0.3) is 0 Å². The van der Waals surface area contributed by atoms with Crippen molar-refractivity contribution < 1.29 is 28.6 Å². The van der Waals surface area contributed by atoms with E-state index in [1.165, 1.54) is 35.3 Å². The zero-order valence-corrected chi connectivity index (χ0v) is 23.6. The second-order valence-corrected chi connectivity index (χ2v) is 12.4. The van der Waals surface area contributed by atoms with Crippen LogP contribution in [0, 0.1) is 0 Å². The van der Waals surface area contributed by atoms with Crippen molar-refractivity contribution in [1.82, 2.24) is 0 Å². The largest absolute Gasteiger partial charge is 0.494 e. The van der Waals surface area contributed by atoms with Crippen LogP contribution in [0.25, 0.3) is 5.57 Å². The molecule has 3 aliphatic rings. The van der Waals surface area contributed by atoms with Crippen molar-refractivity contribution in [3.8, 4) is 5.75 Å². The molecule has 1 aromatic carbocycles. The molecule has 0 saturated heterocycles. The monoisotopic (exact) mass is 547 g/mol. The van der Waals surface area contributed by atoms with Crippen molar-refractivity contribution in [2.24, 2.45) is 0 Å². The standard InChI is InChI=1S/C26H29NO6S3/c1-7-31-16-10-11-18-17(12-16)21-22(25(5,6)27(18)15(4)28)35-19(23(29)32-8-2)13-26(21)34-14-20(36-26)24(30)33-9-3/h10-14H,7-9H2,1-6H3/t26-/m0/s1. The molecule has 1 atom stereocenters. The van der Waals surface area contributed by atoms with Crippen molar-refractivity contribution in [1.29, 1.82) is 0 Å². The van der Waals surface area contributed by atoms with E-state index in [0.29, 0.717) is 22.2 Å². The first-order valence-electron chi connectivity index (χ1n) is 11.7. The Morgan fingerprint density at radius 2 is 1.64 bits per heavy atom. The van der Waals surface area contributed by atoms with Crippen LogP contribution >= 0.6 is 35.3 Å². The van der Waals surface area contributed by atoms with Gasteiger partial charge in [-0.1, -0.05) is 23.5 Å². The molecule has 4 rings (SSSR count). The van der Waals surface area contributed by atoms with Gasteiger partial charge in [-0.3, -0.25) is 4.79 Å². The van der Waals surface area contributed by atoms with Crippen molar-refractivity contribution >= 4 is 64.4 Å². The molecule has 3 aliphatic heterocycles. The lowest BCUT2D eigenvalue weighted by Gasteiger charge is -2.49. The fourth-order valence-corrected chi connectivity index (χ4v) is 8.97. The van der Waals surface area contributed by atoms with Gasteiger partial charge in [-0.25, -0.2) is 9.59 Å². The zero-order valence-electron chi connectivity index (χ0n) is 21.1. The molecule has 0 aromatic heterocycles. The Hall–Kier alpha value is -2.30. The van der Waals surface area contributed by atoms with E-state index in [9.17, 15) is 14.4 Å². The highest BCUT2D eigenvalue weighted by molar-refractivity contribution is 8.25. The molecule has 1 spiro atoms. The van der Waals surface area contributed by atoms with Gasteiger partial charge in [0, 0.05) is 23.0 Å². The van der Waals surface area contributed by atoms with Gasteiger partial charge in [-0.2, -0.15) is 0 Å². The molecule has 1 amide bonds. The fourth-order valence-electron chi connectivity index (χ4n) is 4.59. The number of hydrogen-bond acceptors (Lipinski definition) is 9. The van der Waals surface area contributed by atoms with Crippen molar-refractivity contribution in [2.45, 2.75) is 51.2 Å². The minimum absolute atomic E-state index is 0.115. The first-order valence-corrected chi connectivity index (χ1v) is 14.3. The second kappa shape index (κ2) is 10.2. The number of fused-ring (bicyclic) bond motifs is 3. The number of amides is 1. The Balaban J connectivity index is 1.96. The number of nitrogens with zero attached hydrogens (tertiary/aromatic N) is 1. The van der Waals surface area contributed by atoms with Crippen molar-refractivity contribution in [3.63, 3.8) is 0 Å². The molecule has 7 nitrogen and oxygen atoms in total. The number of benzene rings is 1. The summed E-state index contributed by atoms with van der Waals surface area (Å²) >= 11 is 4.12. The van der Waals surface area contributed by atoms with Crippen LogP contribution < -0.4 is 9.64 Å². The molecule has 0 aliphatic carbocycles. The maximum atomic E-state index is 13.0. The number of anilines is 1. The van der Waals surface area contributed by atoms with Crippen LogP contribution in [0.2, 0.25) is 0 Å². The normalized spacial score (nSPS) is 21.9. The zero-order chi connectivity index (χ0) is 26.3. The van der Waals surface area contributed by atoms with Gasteiger partial charge < -0.3 is 19.1 Å². The van der Waals surface area contributed by atoms with Gasteiger partial charge in [0.2, 0.25) is 5.91 Å². The van der Waals surface area contributed by atoms with Crippen LogP contribution in [-0.4, -0.2) is 47.3 Å². The number of esters is 2. The number of carbonyl (C=O) groups excluding carboxylic acids is 3. The van der Waals surface area contributed by atoms with Gasteiger partial charge in [0.05, 0.1) is 36.0 Å². The quantitative estimate of drug-likeness (QED) is 0.416. The van der Waals surface area contributed by atoms with E-state index in [1.54, 1.807) is 31.1 Å². The molecule has 3 heterocycles. The minimum atomic E-state index is -0.829. The first-order chi connectivity index (χ1) is 17.1. The van der Waals surface area contributed by atoms with Gasteiger partial charge in [0.15, 0.2) is 0 Å². The maximum absolute atomic E-state index is 13.0. The maximum Gasteiger partial charge on any atom is 0.345 e. The predicted octanol–water partition coefficient (Wildman–Crippen LogP) is 5.72. The highest BCUT2D eigenvalue weighted by Crippen LogP contribution is 2.66. The summed E-state index contributed by atoms with van der Waals surface area (Å²) in [4.78, 5) is 42.1.